The van der Waals surface area contributed by atoms with E-state index < -0.39 is 11.8 Å². The number of nitrogens with zero attached hydrogens (tertiary/aromatic N) is 1. The van der Waals surface area contributed by atoms with Crippen molar-refractivity contribution in [2.24, 2.45) is 5.73 Å². The molecule has 0 saturated heterocycles. The van der Waals surface area contributed by atoms with Gasteiger partial charge in [0.15, 0.2) is 5.60 Å². The molecule has 0 heterocycles. The molecule has 4 nitrogen and oxygen atoms in total. The van der Waals surface area contributed by atoms with Crippen LogP contribution in [-0.2, 0) is 5.60 Å². The molecule has 0 spiro atoms. The minimum absolute atomic E-state index is 0.0749. The molecule has 1 aromatic carbocycles. The largest absolute Gasteiger partial charge is 0.421 e. The van der Waals surface area contributed by atoms with Gasteiger partial charge in [0.25, 0.3) is 5.91 Å². The van der Waals surface area contributed by atoms with Gasteiger partial charge in [-0.05, 0) is 37.5 Å². The number of benzene rings is 1. The lowest BCUT2D eigenvalue weighted by atomic mass is 9.93. The van der Waals surface area contributed by atoms with Gasteiger partial charge in [-0.25, -0.2) is 0 Å². The predicted molar refractivity (Wildman–Crippen MR) is 84.2 cm³/mol. The molecule has 24 heavy (non-hydrogen) atoms. The number of amides is 1. The van der Waals surface area contributed by atoms with Gasteiger partial charge >= 0.3 is 6.18 Å². The summed E-state index contributed by atoms with van der Waals surface area (Å²) in [5.41, 5.74) is 2.73. The van der Waals surface area contributed by atoms with E-state index >= 15 is 0 Å². The molecule has 3 N–H and O–H groups in total. The lowest BCUT2D eigenvalue weighted by molar-refractivity contribution is -0.258. The number of halogens is 3. The molecule has 1 amide bonds. The minimum atomic E-state index is -4.79. The van der Waals surface area contributed by atoms with E-state index in [1.165, 1.54) is 12.1 Å². The van der Waals surface area contributed by atoms with Gasteiger partial charge < -0.3 is 15.7 Å². The van der Waals surface area contributed by atoms with Crippen molar-refractivity contribution in [1.82, 2.24) is 4.90 Å². The summed E-state index contributed by atoms with van der Waals surface area (Å²) in [6.45, 7) is 0.767. The van der Waals surface area contributed by atoms with Crippen molar-refractivity contribution in [3.8, 4) is 0 Å². The van der Waals surface area contributed by atoms with Crippen molar-refractivity contribution in [2.75, 3.05) is 6.67 Å². The van der Waals surface area contributed by atoms with Gasteiger partial charge in [0, 0.05) is 11.6 Å². The van der Waals surface area contributed by atoms with Crippen molar-refractivity contribution < 1.29 is 23.1 Å². The molecule has 1 aromatic rings. The molecule has 1 saturated carbocycles. The second-order valence-electron chi connectivity index (χ2n) is 6.40. The van der Waals surface area contributed by atoms with E-state index in [1.54, 1.807) is 4.90 Å². The maximum Gasteiger partial charge on any atom is 0.421 e. The third kappa shape index (κ3) is 3.72. The SMILES string of the molecule is CC(O)(c1ccc(C(=O)N(CN)C2CCCCC2)cc1)C(F)(F)F. The second kappa shape index (κ2) is 7.11. The number of aliphatic hydroxyl groups is 1. The zero-order valence-corrected chi connectivity index (χ0v) is 13.6. The van der Waals surface area contributed by atoms with E-state index in [4.69, 9.17) is 5.73 Å². The normalized spacial score (nSPS) is 18.9. The first-order valence-corrected chi connectivity index (χ1v) is 8.09. The molecule has 1 fully saturated rings. The molecule has 1 unspecified atom stereocenters. The molecule has 0 aliphatic heterocycles. The minimum Gasteiger partial charge on any atom is -0.376 e. The molecule has 2 rings (SSSR count). The van der Waals surface area contributed by atoms with Crippen LogP contribution in [0.3, 0.4) is 0 Å². The fraction of sp³-hybridized carbons (Fsp3) is 0.588. The summed E-state index contributed by atoms with van der Waals surface area (Å²) in [6, 6.07) is 4.97. The van der Waals surface area contributed by atoms with E-state index in [-0.39, 0.29) is 29.7 Å². The van der Waals surface area contributed by atoms with Crippen molar-refractivity contribution >= 4 is 5.91 Å². The first kappa shape index (κ1) is 18.7. The van der Waals surface area contributed by atoms with Crippen LogP contribution in [0.15, 0.2) is 24.3 Å². The zero-order valence-electron chi connectivity index (χ0n) is 13.6. The number of carbonyl (C=O) groups excluding carboxylic acids is 1. The Morgan fingerprint density at radius 1 is 1.21 bits per heavy atom. The maximum atomic E-state index is 12.9. The Bertz CT molecular complexity index is 564. The highest BCUT2D eigenvalue weighted by molar-refractivity contribution is 5.94. The highest BCUT2D eigenvalue weighted by Gasteiger charge is 2.51. The van der Waals surface area contributed by atoms with Gasteiger partial charge in [0.2, 0.25) is 0 Å². The van der Waals surface area contributed by atoms with Crippen LogP contribution in [0.25, 0.3) is 0 Å². The number of carbonyl (C=O) groups is 1. The third-order valence-electron chi connectivity index (χ3n) is 4.72. The molecule has 134 valence electrons. The van der Waals surface area contributed by atoms with Crippen LogP contribution >= 0.6 is 0 Å². The van der Waals surface area contributed by atoms with Crippen molar-refractivity contribution in [3.63, 3.8) is 0 Å². The van der Waals surface area contributed by atoms with E-state index in [9.17, 15) is 23.1 Å². The van der Waals surface area contributed by atoms with Gasteiger partial charge in [-0.15, -0.1) is 0 Å². The predicted octanol–water partition coefficient (Wildman–Crippen LogP) is 3.15. The molecule has 0 radical (unpaired) electrons. The Kier molecular flexibility index (Phi) is 5.55. The van der Waals surface area contributed by atoms with Gasteiger partial charge in [-0.2, -0.15) is 13.2 Å². The molecule has 0 aromatic heterocycles. The first-order chi connectivity index (χ1) is 11.2. The van der Waals surface area contributed by atoms with Crippen LogP contribution in [0.1, 0.15) is 54.9 Å². The highest BCUT2D eigenvalue weighted by Crippen LogP contribution is 2.38. The number of hydrogen-bond acceptors (Lipinski definition) is 3. The molecular formula is C17H23F3N2O2. The fourth-order valence-electron chi connectivity index (χ4n) is 3.06. The number of nitrogens with two attached hydrogens (primary N) is 1. The van der Waals surface area contributed by atoms with Gasteiger partial charge in [-0.3, -0.25) is 4.79 Å². The lowest BCUT2D eigenvalue weighted by Crippen LogP contribution is -2.44. The van der Waals surface area contributed by atoms with E-state index in [1.807, 2.05) is 0 Å². The smallest absolute Gasteiger partial charge is 0.376 e. The van der Waals surface area contributed by atoms with Crippen molar-refractivity contribution in [2.45, 2.75) is 56.8 Å². The summed E-state index contributed by atoms with van der Waals surface area (Å²) >= 11 is 0. The average molecular weight is 344 g/mol. The maximum absolute atomic E-state index is 12.9. The highest BCUT2D eigenvalue weighted by atomic mass is 19.4. The average Bonchev–Trinajstić information content (AvgIpc) is 2.55. The van der Waals surface area contributed by atoms with E-state index in [0.29, 0.717) is 6.92 Å². The van der Waals surface area contributed by atoms with Crippen molar-refractivity contribution in [1.29, 1.82) is 0 Å². The van der Waals surface area contributed by atoms with E-state index in [2.05, 4.69) is 0 Å². The Morgan fingerprint density at radius 3 is 2.21 bits per heavy atom. The summed E-state index contributed by atoms with van der Waals surface area (Å²) in [7, 11) is 0. The molecule has 7 heteroatoms. The molecule has 0 bridgehead atoms. The third-order valence-corrected chi connectivity index (χ3v) is 4.72. The van der Waals surface area contributed by atoms with Crippen LogP contribution in [0, 0.1) is 0 Å². The standard InChI is InChI=1S/C17H23F3N2O2/c1-16(24,17(18,19)20)13-9-7-12(8-10-13)15(23)22(11-21)14-5-3-2-4-6-14/h7-10,14,24H,2-6,11,21H2,1H3. The summed E-state index contributed by atoms with van der Waals surface area (Å²) in [6.07, 6.45) is 0.228. The van der Waals surface area contributed by atoms with Crippen LogP contribution in [0.5, 0.6) is 0 Å². The van der Waals surface area contributed by atoms with Crippen LogP contribution in [0.4, 0.5) is 13.2 Å². The van der Waals surface area contributed by atoms with Gasteiger partial charge in [0.05, 0.1) is 6.67 Å². The van der Waals surface area contributed by atoms with Gasteiger partial charge in [-0.1, -0.05) is 31.4 Å². The number of rotatable bonds is 4. The molecule has 1 atom stereocenters. The van der Waals surface area contributed by atoms with Crippen LogP contribution in [-0.4, -0.2) is 34.8 Å². The quantitative estimate of drug-likeness (QED) is 0.825. The summed E-state index contributed by atoms with van der Waals surface area (Å²) < 4.78 is 38.6. The molecule has 1 aliphatic carbocycles. The van der Waals surface area contributed by atoms with Crippen molar-refractivity contribution in [3.05, 3.63) is 35.4 Å². The Hall–Kier alpha value is -1.60. The molecule has 1 aliphatic rings. The van der Waals surface area contributed by atoms with Gasteiger partial charge in [0.1, 0.15) is 0 Å². The number of alkyl halides is 3. The van der Waals surface area contributed by atoms with Crippen LogP contribution in [0.2, 0.25) is 0 Å². The Balaban J connectivity index is 2.18. The lowest BCUT2D eigenvalue weighted by Gasteiger charge is -2.33. The van der Waals surface area contributed by atoms with Crippen LogP contribution < -0.4 is 5.73 Å². The molecular weight excluding hydrogens is 321 g/mol. The Labute approximate surface area is 139 Å². The zero-order chi connectivity index (χ0) is 18.0. The number of hydrogen-bond donors (Lipinski definition) is 2. The monoisotopic (exact) mass is 344 g/mol. The first-order valence-electron chi connectivity index (χ1n) is 8.09. The summed E-state index contributed by atoms with van der Waals surface area (Å²) in [5, 5.41) is 9.67. The van der Waals surface area contributed by atoms with E-state index in [0.717, 1.165) is 44.2 Å². The summed E-state index contributed by atoms with van der Waals surface area (Å²) in [4.78, 5) is 14.2. The fourth-order valence-corrected chi connectivity index (χ4v) is 3.06. The summed E-state index contributed by atoms with van der Waals surface area (Å²) in [5.74, 6) is -0.289. The second-order valence-corrected chi connectivity index (χ2v) is 6.40. The topological polar surface area (TPSA) is 66.6 Å². The Morgan fingerprint density at radius 2 is 1.75 bits per heavy atom.